The molecule has 1 atom stereocenters. The van der Waals surface area contributed by atoms with Crippen LogP contribution in [0.4, 0.5) is 11.5 Å². The van der Waals surface area contributed by atoms with E-state index in [2.05, 4.69) is 15.7 Å². The molecule has 2 aromatic carbocycles. The lowest BCUT2D eigenvalue weighted by atomic mass is 10.1. The molecule has 1 unspecified atom stereocenters. The van der Waals surface area contributed by atoms with Gasteiger partial charge in [0.15, 0.2) is 0 Å². The zero-order chi connectivity index (χ0) is 22.7. The number of aromatic nitrogens is 2. The average Bonchev–Trinajstić information content (AvgIpc) is 3.06. The van der Waals surface area contributed by atoms with Crippen LogP contribution in [-0.2, 0) is 4.79 Å². The molecule has 1 heterocycles. The number of rotatable bonds is 6. The standard InChI is InChI=1S/C21H19Cl3N4O3/c1-3-11(2)20(30)25-14-6-4-5-12(7-14)21(31)26-17-10-18(29)28(27-17)19-15(23)8-13(22)9-16(19)24/h4-11,27H,3H2,1-2H3,(H,25,30)(H,26,31). The molecule has 10 heteroatoms. The molecule has 0 saturated heterocycles. The van der Waals surface area contributed by atoms with Crippen LogP contribution >= 0.6 is 34.8 Å². The first kappa shape index (κ1) is 22.9. The molecule has 0 saturated carbocycles. The van der Waals surface area contributed by atoms with E-state index in [1.165, 1.54) is 18.2 Å². The van der Waals surface area contributed by atoms with Crippen LogP contribution in [-0.4, -0.2) is 21.6 Å². The molecular formula is C21H19Cl3N4O3. The Morgan fingerprint density at radius 2 is 1.74 bits per heavy atom. The minimum absolute atomic E-state index is 0.127. The number of benzene rings is 2. The van der Waals surface area contributed by atoms with Crippen LogP contribution in [0.2, 0.25) is 15.1 Å². The van der Waals surface area contributed by atoms with Gasteiger partial charge in [-0.25, -0.2) is 4.68 Å². The molecule has 2 amide bonds. The van der Waals surface area contributed by atoms with Crippen LogP contribution in [0.5, 0.6) is 0 Å². The highest BCUT2D eigenvalue weighted by Crippen LogP contribution is 2.31. The molecule has 0 radical (unpaired) electrons. The third-order valence-corrected chi connectivity index (χ3v) is 5.42. The molecule has 31 heavy (non-hydrogen) atoms. The maximum Gasteiger partial charge on any atom is 0.273 e. The van der Waals surface area contributed by atoms with Crippen molar-refractivity contribution in [1.29, 1.82) is 0 Å². The number of aromatic amines is 1. The molecule has 3 aromatic rings. The van der Waals surface area contributed by atoms with E-state index < -0.39 is 11.5 Å². The number of hydrogen-bond donors (Lipinski definition) is 3. The summed E-state index contributed by atoms with van der Waals surface area (Å²) in [5.41, 5.74) is 0.547. The Morgan fingerprint density at radius 1 is 1.06 bits per heavy atom. The fourth-order valence-electron chi connectivity index (χ4n) is 2.76. The van der Waals surface area contributed by atoms with Gasteiger partial charge in [0, 0.05) is 28.3 Å². The molecule has 162 valence electrons. The van der Waals surface area contributed by atoms with Gasteiger partial charge in [0.1, 0.15) is 11.5 Å². The molecule has 3 rings (SSSR count). The summed E-state index contributed by atoms with van der Waals surface area (Å²) in [5, 5.41) is 8.82. The highest BCUT2D eigenvalue weighted by Gasteiger charge is 2.16. The Hall–Kier alpha value is -2.74. The van der Waals surface area contributed by atoms with Crippen molar-refractivity contribution in [2.75, 3.05) is 10.6 Å². The van der Waals surface area contributed by atoms with Crippen LogP contribution < -0.4 is 16.2 Å². The van der Waals surface area contributed by atoms with Gasteiger partial charge in [-0.2, -0.15) is 0 Å². The largest absolute Gasteiger partial charge is 0.326 e. The minimum atomic E-state index is -0.476. The lowest BCUT2D eigenvalue weighted by Crippen LogP contribution is -2.20. The lowest BCUT2D eigenvalue weighted by Gasteiger charge is -2.11. The number of anilines is 2. The van der Waals surface area contributed by atoms with Crippen molar-refractivity contribution in [1.82, 2.24) is 9.78 Å². The molecule has 0 fully saturated rings. The van der Waals surface area contributed by atoms with Crippen molar-refractivity contribution < 1.29 is 9.59 Å². The number of nitrogens with one attached hydrogen (secondary N) is 3. The number of hydrogen-bond acceptors (Lipinski definition) is 3. The summed E-state index contributed by atoms with van der Waals surface area (Å²) in [6.07, 6.45) is 0.706. The van der Waals surface area contributed by atoms with E-state index >= 15 is 0 Å². The van der Waals surface area contributed by atoms with E-state index in [0.29, 0.717) is 22.7 Å². The number of halogens is 3. The van der Waals surface area contributed by atoms with Gasteiger partial charge >= 0.3 is 0 Å². The summed E-state index contributed by atoms with van der Waals surface area (Å²) >= 11 is 18.3. The molecule has 0 aliphatic heterocycles. The number of carbonyl (C=O) groups is 2. The van der Waals surface area contributed by atoms with E-state index in [1.807, 2.05) is 13.8 Å². The zero-order valence-corrected chi connectivity index (χ0v) is 18.9. The van der Waals surface area contributed by atoms with Crippen LogP contribution in [0.3, 0.4) is 0 Å². The van der Waals surface area contributed by atoms with Gasteiger partial charge in [-0.3, -0.25) is 19.5 Å². The first-order valence-corrected chi connectivity index (χ1v) is 10.5. The number of H-pyrrole nitrogens is 1. The summed E-state index contributed by atoms with van der Waals surface area (Å²) in [7, 11) is 0. The number of carbonyl (C=O) groups excluding carboxylic acids is 2. The van der Waals surface area contributed by atoms with Gasteiger partial charge in [-0.05, 0) is 36.8 Å². The first-order chi connectivity index (χ1) is 14.7. The van der Waals surface area contributed by atoms with Crippen molar-refractivity contribution in [3.05, 3.63) is 73.4 Å². The van der Waals surface area contributed by atoms with Crippen molar-refractivity contribution in [2.24, 2.45) is 5.92 Å². The smallest absolute Gasteiger partial charge is 0.273 e. The van der Waals surface area contributed by atoms with E-state index in [4.69, 9.17) is 34.8 Å². The molecule has 0 aliphatic carbocycles. The maximum absolute atomic E-state index is 12.7. The fourth-order valence-corrected chi connectivity index (χ4v) is 3.74. The lowest BCUT2D eigenvalue weighted by molar-refractivity contribution is -0.119. The molecule has 0 aliphatic rings. The minimum Gasteiger partial charge on any atom is -0.326 e. The topological polar surface area (TPSA) is 96.0 Å². The third kappa shape index (κ3) is 5.31. The van der Waals surface area contributed by atoms with Gasteiger partial charge in [0.05, 0.1) is 10.0 Å². The monoisotopic (exact) mass is 480 g/mol. The second kappa shape index (κ2) is 9.60. The van der Waals surface area contributed by atoms with Crippen LogP contribution in [0.25, 0.3) is 5.69 Å². The van der Waals surface area contributed by atoms with Gasteiger partial charge in [0.2, 0.25) is 5.91 Å². The van der Waals surface area contributed by atoms with Gasteiger partial charge in [-0.15, -0.1) is 0 Å². The zero-order valence-electron chi connectivity index (χ0n) is 16.6. The summed E-state index contributed by atoms with van der Waals surface area (Å²) in [6.45, 7) is 3.75. The van der Waals surface area contributed by atoms with Crippen LogP contribution in [0.15, 0.2) is 47.3 Å². The second-order valence-electron chi connectivity index (χ2n) is 6.89. The van der Waals surface area contributed by atoms with Crippen molar-refractivity contribution in [3.63, 3.8) is 0 Å². The highest BCUT2D eigenvalue weighted by molar-refractivity contribution is 6.40. The van der Waals surface area contributed by atoms with Gasteiger partial charge in [-0.1, -0.05) is 54.7 Å². The summed E-state index contributed by atoms with van der Waals surface area (Å²) in [5.74, 6) is -0.598. The Bertz CT molecular complexity index is 1180. The van der Waals surface area contributed by atoms with Gasteiger partial charge < -0.3 is 10.6 Å². The quantitative estimate of drug-likeness (QED) is 0.442. The van der Waals surface area contributed by atoms with Crippen LogP contribution in [0, 0.1) is 5.92 Å². The van der Waals surface area contributed by atoms with E-state index in [-0.39, 0.29) is 33.4 Å². The van der Waals surface area contributed by atoms with Crippen LogP contribution in [0.1, 0.15) is 30.6 Å². The predicted molar refractivity (Wildman–Crippen MR) is 124 cm³/mol. The Morgan fingerprint density at radius 3 is 2.39 bits per heavy atom. The molecule has 3 N–H and O–H groups in total. The van der Waals surface area contributed by atoms with E-state index in [9.17, 15) is 14.4 Å². The normalized spacial score (nSPS) is 11.8. The summed E-state index contributed by atoms with van der Waals surface area (Å²) in [4.78, 5) is 37.1. The van der Waals surface area contributed by atoms with Gasteiger partial charge in [0.25, 0.3) is 11.5 Å². The Labute approximate surface area is 193 Å². The highest BCUT2D eigenvalue weighted by atomic mass is 35.5. The molecule has 0 spiro atoms. The fraction of sp³-hybridized carbons (Fsp3) is 0.190. The average molecular weight is 482 g/mol. The van der Waals surface area contributed by atoms with Crippen molar-refractivity contribution in [2.45, 2.75) is 20.3 Å². The number of nitrogens with zero attached hydrogens (tertiary/aromatic N) is 1. The SMILES string of the molecule is CCC(C)C(=O)Nc1cccc(C(=O)Nc2cc(=O)n(-c3c(Cl)cc(Cl)cc3Cl)[nH]2)c1. The molecule has 0 bridgehead atoms. The number of amides is 2. The van der Waals surface area contributed by atoms with Crippen molar-refractivity contribution >= 4 is 58.1 Å². The third-order valence-electron chi connectivity index (χ3n) is 4.63. The maximum atomic E-state index is 12.7. The first-order valence-electron chi connectivity index (χ1n) is 9.38. The predicted octanol–water partition coefficient (Wildman–Crippen LogP) is 5.36. The van der Waals surface area contributed by atoms with Crippen molar-refractivity contribution in [3.8, 4) is 5.69 Å². The summed E-state index contributed by atoms with van der Waals surface area (Å²) in [6, 6.07) is 10.6. The molecular weight excluding hydrogens is 463 g/mol. The molecule has 7 nitrogen and oxygen atoms in total. The second-order valence-corrected chi connectivity index (χ2v) is 8.15. The summed E-state index contributed by atoms with van der Waals surface area (Å²) < 4.78 is 1.11. The Balaban J connectivity index is 1.81. The Kier molecular flexibility index (Phi) is 7.10. The molecule has 1 aromatic heterocycles. The van der Waals surface area contributed by atoms with E-state index in [0.717, 1.165) is 4.68 Å². The van der Waals surface area contributed by atoms with E-state index in [1.54, 1.807) is 24.3 Å².